The number of carbonyl (C=O) groups is 4. The number of halogens is 2. The number of esters is 4. The number of carbonyl (C=O) groups excluding carboxylic acids is 4. The molecular weight excluding hydrogens is 678 g/mol. The predicted molar refractivity (Wildman–Crippen MR) is 189 cm³/mol. The third-order valence-corrected chi connectivity index (χ3v) is 7.50. The molecule has 10 nitrogen and oxygen atoms in total. The largest absolute Gasteiger partial charge is 0.493 e. The first-order valence-corrected chi connectivity index (χ1v) is 17.2. The van der Waals surface area contributed by atoms with Gasteiger partial charge in [-0.25, -0.2) is 28.0 Å². The first-order chi connectivity index (χ1) is 25.2. The van der Waals surface area contributed by atoms with Gasteiger partial charge < -0.3 is 28.4 Å². The highest BCUT2D eigenvalue weighted by atomic mass is 19.1. The number of hydrogen-bond donors (Lipinski definition) is 0. The molecule has 0 unspecified atom stereocenters. The lowest BCUT2D eigenvalue weighted by Gasteiger charge is -2.10. The van der Waals surface area contributed by atoms with Gasteiger partial charge in [-0.2, -0.15) is 0 Å². The van der Waals surface area contributed by atoms with Gasteiger partial charge in [0.25, 0.3) is 0 Å². The standard InChI is InChI=1S/C40H44F2O10/c1-3-37(43)49-25-13-9-5-7-11-23-47-31-19-21-33(35(41)27-31)39(45)51-29-15-17-30(18-16-29)52-40(46)34-22-20-32(28-36(34)42)48-24-12-8-6-10-14-26-50-38(44)4-2/h3-4,15-22,27-28H,1-2,5-14,23-26H2. The summed E-state index contributed by atoms with van der Waals surface area (Å²) in [5.41, 5.74) is -0.577. The molecule has 3 aromatic rings. The van der Waals surface area contributed by atoms with Crippen LogP contribution in [0.3, 0.4) is 0 Å². The van der Waals surface area contributed by atoms with E-state index in [1.165, 1.54) is 48.5 Å². The van der Waals surface area contributed by atoms with Crippen molar-refractivity contribution in [1.82, 2.24) is 0 Å². The van der Waals surface area contributed by atoms with E-state index in [4.69, 9.17) is 28.4 Å². The highest BCUT2D eigenvalue weighted by Crippen LogP contribution is 2.24. The van der Waals surface area contributed by atoms with Gasteiger partial charge in [0.15, 0.2) is 0 Å². The Kier molecular flexibility index (Phi) is 18.1. The molecule has 0 saturated carbocycles. The third kappa shape index (κ3) is 15.2. The maximum Gasteiger partial charge on any atom is 0.346 e. The summed E-state index contributed by atoms with van der Waals surface area (Å²) in [5, 5.41) is 0. The lowest BCUT2D eigenvalue weighted by molar-refractivity contribution is -0.138. The lowest BCUT2D eigenvalue weighted by atomic mass is 10.1. The van der Waals surface area contributed by atoms with Crippen LogP contribution >= 0.6 is 0 Å². The molecule has 0 aliphatic rings. The third-order valence-electron chi connectivity index (χ3n) is 7.50. The topological polar surface area (TPSA) is 124 Å². The van der Waals surface area contributed by atoms with Gasteiger partial charge in [0.05, 0.1) is 37.6 Å². The van der Waals surface area contributed by atoms with Gasteiger partial charge in [-0.3, -0.25) is 0 Å². The molecule has 12 heteroatoms. The number of benzene rings is 3. The highest BCUT2D eigenvalue weighted by Gasteiger charge is 2.18. The molecule has 0 aliphatic heterocycles. The Labute approximate surface area is 302 Å². The summed E-state index contributed by atoms with van der Waals surface area (Å²) in [6.45, 7) is 8.15. The first kappa shape index (κ1) is 40.9. The summed E-state index contributed by atoms with van der Waals surface area (Å²) in [7, 11) is 0. The van der Waals surface area contributed by atoms with E-state index in [1.807, 2.05) is 0 Å². The van der Waals surface area contributed by atoms with Gasteiger partial charge in [0.1, 0.15) is 34.6 Å². The van der Waals surface area contributed by atoms with Crippen LogP contribution in [0.5, 0.6) is 23.0 Å². The molecule has 278 valence electrons. The Balaban J connectivity index is 1.35. The van der Waals surface area contributed by atoms with Gasteiger partial charge in [-0.05, 0) is 74.2 Å². The Morgan fingerprint density at radius 2 is 0.808 bits per heavy atom. The van der Waals surface area contributed by atoms with Crippen LogP contribution < -0.4 is 18.9 Å². The average Bonchev–Trinajstić information content (AvgIpc) is 3.13. The van der Waals surface area contributed by atoms with Crippen LogP contribution in [0, 0.1) is 11.6 Å². The van der Waals surface area contributed by atoms with Crippen molar-refractivity contribution in [3.63, 3.8) is 0 Å². The minimum atomic E-state index is -0.930. The van der Waals surface area contributed by atoms with Gasteiger partial charge >= 0.3 is 23.9 Å². The van der Waals surface area contributed by atoms with E-state index in [0.717, 1.165) is 88.5 Å². The van der Waals surface area contributed by atoms with Gasteiger partial charge in [-0.1, -0.05) is 51.7 Å². The van der Waals surface area contributed by atoms with Crippen molar-refractivity contribution in [2.24, 2.45) is 0 Å². The van der Waals surface area contributed by atoms with E-state index in [2.05, 4.69) is 13.2 Å². The molecule has 0 radical (unpaired) electrons. The molecule has 0 atom stereocenters. The summed E-state index contributed by atoms with van der Waals surface area (Å²) in [6, 6.07) is 13.2. The van der Waals surface area contributed by atoms with Gasteiger partial charge in [0.2, 0.25) is 0 Å². The van der Waals surface area contributed by atoms with Crippen LogP contribution in [0.2, 0.25) is 0 Å². The van der Waals surface area contributed by atoms with Gasteiger partial charge in [-0.15, -0.1) is 0 Å². The number of hydrogen-bond acceptors (Lipinski definition) is 10. The maximum atomic E-state index is 14.7. The zero-order chi connectivity index (χ0) is 37.6. The second-order valence-electron chi connectivity index (χ2n) is 11.5. The Morgan fingerprint density at radius 1 is 0.481 bits per heavy atom. The zero-order valence-electron chi connectivity index (χ0n) is 29.1. The molecule has 0 heterocycles. The van der Waals surface area contributed by atoms with Crippen LogP contribution in [-0.2, 0) is 19.1 Å². The molecule has 3 aromatic carbocycles. The predicted octanol–water partition coefficient (Wildman–Crippen LogP) is 8.52. The second-order valence-corrected chi connectivity index (χ2v) is 11.5. The van der Waals surface area contributed by atoms with Crippen molar-refractivity contribution in [2.75, 3.05) is 26.4 Å². The van der Waals surface area contributed by atoms with Crippen molar-refractivity contribution in [3.05, 3.63) is 109 Å². The minimum absolute atomic E-state index is 0.0742. The summed E-state index contributed by atoms with van der Waals surface area (Å²) in [6.07, 6.45) is 10.7. The fraction of sp³-hybridized carbons (Fsp3) is 0.350. The van der Waals surface area contributed by atoms with Crippen LogP contribution in [-0.4, -0.2) is 50.3 Å². The fourth-order valence-electron chi connectivity index (χ4n) is 4.71. The first-order valence-electron chi connectivity index (χ1n) is 17.2. The molecule has 0 aromatic heterocycles. The Bertz CT molecular complexity index is 1520. The Hall–Kier alpha value is -5.52. The molecule has 0 N–H and O–H groups in total. The normalized spacial score (nSPS) is 10.5. The van der Waals surface area contributed by atoms with E-state index < -0.39 is 35.5 Å². The molecule has 0 amide bonds. The quantitative estimate of drug-likeness (QED) is 0.0385. The smallest absolute Gasteiger partial charge is 0.346 e. The molecule has 0 saturated heterocycles. The maximum absolute atomic E-state index is 14.7. The van der Waals surface area contributed by atoms with Crippen LogP contribution in [0.25, 0.3) is 0 Å². The molecule has 0 bridgehead atoms. The zero-order valence-corrected chi connectivity index (χ0v) is 29.1. The molecular formula is C40H44F2O10. The summed E-state index contributed by atoms with van der Waals surface area (Å²) >= 11 is 0. The summed E-state index contributed by atoms with van der Waals surface area (Å²) in [4.78, 5) is 47.2. The van der Waals surface area contributed by atoms with Crippen molar-refractivity contribution in [3.8, 4) is 23.0 Å². The van der Waals surface area contributed by atoms with Crippen LogP contribution in [0.1, 0.15) is 84.9 Å². The average molecular weight is 723 g/mol. The van der Waals surface area contributed by atoms with Crippen LogP contribution in [0.15, 0.2) is 86.0 Å². The minimum Gasteiger partial charge on any atom is -0.493 e. The number of rotatable bonds is 24. The Morgan fingerprint density at radius 3 is 1.15 bits per heavy atom. The number of ether oxygens (including phenoxy) is 6. The van der Waals surface area contributed by atoms with Crippen molar-refractivity contribution >= 4 is 23.9 Å². The second kappa shape index (κ2) is 23.0. The summed E-state index contributed by atoms with van der Waals surface area (Å²) in [5.74, 6) is -3.63. The van der Waals surface area contributed by atoms with E-state index in [-0.39, 0.29) is 34.1 Å². The summed E-state index contributed by atoms with van der Waals surface area (Å²) < 4.78 is 61.0. The monoisotopic (exact) mass is 722 g/mol. The molecule has 0 spiro atoms. The number of unbranched alkanes of at least 4 members (excludes halogenated alkanes) is 8. The molecule has 0 aliphatic carbocycles. The lowest BCUT2D eigenvalue weighted by Crippen LogP contribution is -2.12. The molecule has 3 rings (SSSR count). The van der Waals surface area contributed by atoms with Crippen molar-refractivity contribution in [1.29, 1.82) is 0 Å². The van der Waals surface area contributed by atoms with E-state index >= 15 is 0 Å². The molecule has 52 heavy (non-hydrogen) atoms. The SMILES string of the molecule is C=CC(=O)OCCCCCCCOc1ccc(C(=O)Oc2ccc(OC(=O)c3ccc(OCCCCCCCOC(=O)C=C)cc3F)cc2)c(F)c1. The van der Waals surface area contributed by atoms with E-state index in [0.29, 0.717) is 26.4 Å². The van der Waals surface area contributed by atoms with Crippen molar-refractivity contribution in [2.45, 2.75) is 64.2 Å². The van der Waals surface area contributed by atoms with Crippen molar-refractivity contribution < 1.29 is 56.4 Å². The fourth-order valence-corrected chi connectivity index (χ4v) is 4.71. The van der Waals surface area contributed by atoms with Gasteiger partial charge in [0, 0.05) is 24.3 Å². The highest BCUT2D eigenvalue weighted by molar-refractivity contribution is 5.92. The van der Waals surface area contributed by atoms with Crippen LogP contribution in [0.4, 0.5) is 8.78 Å². The van der Waals surface area contributed by atoms with E-state index in [1.54, 1.807) is 0 Å². The van der Waals surface area contributed by atoms with E-state index in [9.17, 15) is 28.0 Å². The molecule has 0 fully saturated rings.